The second kappa shape index (κ2) is 6.71. The summed E-state index contributed by atoms with van der Waals surface area (Å²) in [5.41, 5.74) is 0.404. The van der Waals surface area contributed by atoms with Gasteiger partial charge >= 0.3 is 5.97 Å². The number of hydrogen-bond acceptors (Lipinski definition) is 4. The first-order chi connectivity index (χ1) is 9.27. The molecule has 0 heterocycles. The van der Waals surface area contributed by atoms with Gasteiger partial charge in [0.05, 0.1) is 12.1 Å². The molecule has 0 radical (unpaired) electrons. The number of nitrogens with one attached hydrogen (secondary N) is 2. The Labute approximate surface area is 119 Å². The number of rotatable bonds is 7. The molecule has 0 bridgehead atoms. The van der Waals surface area contributed by atoms with E-state index in [1.54, 1.807) is 18.2 Å². The molecule has 0 aliphatic carbocycles. The van der Waals surface area contributed by atoms with Crippen LogP contribution in [0.4, 0.5) is 5.69 Å². The maximum Gasteiger partial charge on any atom is 0.305 e. The van der Waals surface area contributed by atoms with Gasteiger partial charge in [0.15, 0.2) is 0 Å². The van der Waals surface area contributed by atoms with Crippen LogP contribution in [0.1, 0.15) is 20.3 Å². The van der Waals surface area contributed by atoms with Crippen molar-refractivity contribution in [1.29, 1.82) is 0 Å². The third kappa shape index (κ3) is 4.21. The van der Waals surface area contributed by atoms with E-state index >= 15 is 0 Å². The SMILES string of the molecule is CNS(=O)(=O)c1ccccc1NC(CC(=O)O)C(C)C. The molecule has 0 aliphatic rings. The molecule has 7 heteroatoms. The molecule has 112 valence electrons. The molecule has 0 saturated heterocycles. The van der Waals surface area contributed by atoms with E-state index in [4.69, 9.17) is 5.11 Å². The Morgan fingerprint density at radius 2 is 1.90 bits per heavy atom. The number of para-hydroxylation sites is 1. The summed E-state index contributed by atoms with van der Waals surface area (Å²) in [5.74, 6) is -0.874. The molecule has 20 heavy (non-hydrogen) atoms. The van der Waals surface area contributed by atoms with Gasteiger partial charge in [-0.1, -0.05) is 26.0 Å². The molecule has 0 spiro atoms. The van der Waals surface area contributed by atoms with Crippen LogP contribution in [0.2, 0.25) is 0 Å². The Morgan fingerprint density at radius 1 is 1.30 bits per heavy atom. The van der Waals surface area contributed by atoms with Gasteiger partial charge in [-0.3, -0.25) is 4.79 Å². The number of carboxylic acids is 1. The van der Waals surface area contributed by atoms with Gasteiger partial charge in [0.25, 0.3) is 0 Å². The van der Waals surface area contributed by atoms with E-state index < -0.39 is 16.0 Å². The highest BCUT2D eigenvalue weighted by molar-refractivity contribution is 7.89. The van der Waals surface area contributed by atoms with Gasteiger partial charge in [-0.2, -0.15) is 0 Å². The quantitative estimate of drug-likeness (QED) is 0.709. The lowest BCUT2D eigenvalue weighted by atomic mass is 10.0. The summed E-state index contributed by atoms with van der Waals surface area (Å²) in [6.45, 7) is 3.77. The van der Waals surface area contributed by atoms with E-state index in [1.165, 1.54) is 13.1 Å². The van der Waals surface area contributed by atoms with Gasteiger partial charge in [0, 0.05) is 6.04 Å². The first kappa shape index (κ1) is 16.5. The van der Waals surface area contributed by atoms with Crippen molar-refractivity contribution >= 4 is 21.7 Å². The highest BCUT2D eigenvalue weighted by Crippen LogP contribution is 2.23. The van der Waals surface area contributed by atoms with Crippen LogP contribution >= 0.6 is 0 Å². The van der Waals surface area contributed by atoms with Crippen LogP contribution in [0.15, 0.2) is 29.2 Å². The topological polar surface area (TPSA) is 95.5 Å². The summed E-state index contributed by atoms with van der Waals surface area (Å²) in [5, 5.41) is 11.9. The van der Waals surface area contributed by atoms with E-state index in [1.807, 2.05) is 13.8 Å². The second-order valence-corrected chi connectivity index (χ2v) is 6.65. The number of benzene rings is 1. The maximum absolute atomic E-state index is 11.9. The average Bonchev–Trinajstić information content (AvgIpc) is 2.37. The molecule has 6 nitrogen and oxygen atoms in total. The van der Waals surface area contributed by atoms with Crippen LogP contribution in [-0.4, -0.2) is 32.6 Å². The highest BCUT2D eigenvalue weighted by atomic mass is 32.2. The van der Waals surface area contributed by atoms with Gasteiger partial charge in [0.1, 0.15) is 4.90 Å². The minimum atomic E-state index is -3.59. The summed E-state index contributed by atoms with van der Waals surface area (Å²) in [7, 11) is -2.25. The molecule has 0 fully saturated rings. The smallest absolute Gasteiger partial charge is 0.305 e. The number of anilines is 1. The zero-order valence-electron chi connectivity index (χ0n) is 11.8. The van der Waals surface area contributed by atoms with Crippen molar-refractivity contribution < 1.29 is 18.3 Å². The molecule has 0 aliphatic heterocycles. The molecule has 1 aromatic carbocycles. The first-order valence-electron chi connectivity index (χ1n) is 6.29. The summed E-state index contributed by atoms with van der Waals surface area (Å²) in [6.07, 6.45) is -0.0778. The summed E-state index contributed by atoms with van der Waals surface area (Å²) in [6, 6.07) is 6.08. The third-order valence-electron chi connectivity index (χ3n) is 2.99. The van der Waals surface area contributed by atoms with E-state index in [0.717, 1.165) is 0 Å². The molecular formula is C13H20N2O4S. The largest absolute Gasteiger partial charge is 0.481 e. The minimum Gasteiger partial charge on any atom is -0.481 e. The molecule has 0 amide bonds. The van der Waals surface area contributed by atoms with Gasteiger partial charge < -0.3 is 10.4 Å². The number of sulfonamides is 1. The van der Waals surface area contributed by atoms with Crippen molar-refractivity contribution in [3.05, 3.63) is 24.3 Å². The normalized spacial score (nSPS) is 13.2. The standard InChI is InChI=1S/C13H20N2O4S/c1-9(2)11(8-13(16)17)15-10-6-4-5-7-12(10)20(18,19)14-3/h4-7,9,11,14-15H,8H2,1-3H3,(H,16,17). The monoisotopic (exact) mass is 300 g/mol. The second-order valence-electron chi connectivity index (χ2n) is 4.80. The van der Waals surface area contributed by atoms with Gasteiger partial charge in [-0.25, -0.2) is 13.1 Å². The fourth-order valence-electron chi connectivity index (χ4n) is 1.77. The van der Waals surface area contributed by atoms with Crippen molar-refractivity contribution in [2.75, 3.05) is 12.4 Å². The van der Waals surface area contributed by atoms with Gasteiger partial charge in [-0.15, -0.1) is 0 Å². The van der Waals surface area contributed by atoms with Crippen molar-refractivity contribution in [2.45, 2.75) is 31.2 Å². The number of carbonyl (C=O) groups is 1. The van der Waals surface area contributed by atoms with E-state index in [-0.39, 0.29) is 23.3 Å². The van der Waals surface area contributed by atoms with Crippen molar-refractivity contribution in [3.8, 4) is 0 Å². The zero-order valence-corrected chi connectivity index (χ0v) is 12.6. The third-order valence-corrected chi connectivity index (χ3v) is 4.46. The Bertz CT molecular complexity index is 569. The van der Waals surface area contributed by atoms with Crippen molar-refractivity contribution in [2.24, 2.45) is 5.92 Å². The predicted molar refractivity (Wildman–Crippen MR) is 77.2 cm³/mol. The van der Waals surface area contributed by atoms with Crippen LogP contribution in [0.5, 0.6) is 0 Å². The van der Waals surface area contributed by atoms with Crippen LogP contribution < -0.4 is 10.0 Å². The van der Waals surface area contributed by atoms with Crippen LogP contribution in [-0.2, 0) is 14.8 Å². The van der Waals surface area contributed by atoms with Crippen LogP contribution in [0.25, 0.3) is 0 Å². The summed E-state index contributed by atoms with van der Waals surface area (Å²) in [4.78, 5) is 11.0. The van der Waals surface area contributed by atoms with Gasteiger partial charge in [-0.05, 0) is 25.1 Å². The van der Waals surface area contributed by atoms with E-state index in [9.17, 15) is 13.2 Å². The fraction of sp³-hybridized carbons (Fsp3) is 0.462. The van der Waals surface area contributed by atoms with Crippen LogP contribution in [0, 0.1) is 5.92 Å². The molecule has 3 N–H and O–H groups in total. The average molecular weight is 300 g/mol. The predicted octanol–water partition coefficient (Wildman–Crippen LogP) is 1.51. The number of aliphatic carboxylic acids is 1. The van der Waals surface area contributed by atoms with Gasteiger partial charge in [0.2, 0.25) is 10.0 Å². The summed E-state index contributed by atoms with van der Waals surface area (Å²) >= 11 is 0. The summed E-state index contributed by atoms with van der Waals surface area (Å²) < 4.78 is 26.1. The molecule has 1 atom stereocenters. The molecule has 0 aromatic heterocycles. The van der Waals surface area contributed by atoms with E-state index in [2.05, 4.69) is 10.0 Å². The fourth-order valence-corrected chi connectivity index (χ4v) is 2.67. The first-order valence-corrected chi connectivity index (χ1v) is 7.77. The molecule has 1 rings (SSSR count). The van der Waals surface area contributed by atoms with Crippen molar-refractivity contribution in [1.82, 2.24) is 4.72 Å². The van der Waals surface area contributed by atoms with Crippen LogP contribution in [0.3, 0.4) is 0 Å². The lowest BCUT2D eigenvalue weighted by Gasteiger charge is -2.23. The molecule has 1 aromatic rings. The van der Waals surface area contributed by atoms with E-state index in [0.29, 0.717) is 5.69 Å². The highest BCUT2D eigenvalue weighted by Gasteiger charge is 2.21. The lowest BCUT2D eigenvalue weighted by Crippen LogP contribution is -2.30. The molecule has 0 saturated carbocycles. The minimum absolute atomic E-state index is 0.0523. The maximum atomic E-state index is 11.9. The number of carboxylic acid groups (broad SMARTS) is 1. The molecule has 1 unspecified atom stereocenters. The van der Waals surface area contributed by atoms with Crippen molar-refractivity contribution in [3.63, 3.8) is 0 Å². The zero-order chi connectivity index (χ0) is 15.3. The Balaban J connectivity index is 3.11. The number of hydrogen-bond donors (Lipinski definition) is 3. The lowest BCUT2D eigenvalue weighted by molar-refractivity contribution is -0.137. The molecular weight excluding hydrogens is 280 g/mol. The Hall–Kier alpha value is -1.60. The Kier molecular flexibility index (Phi) is 5.52. The Morgan fingerprint density at radius 3 is 2.40 bits per heavy atom.